The fourth-order valence-electron chi connectivity index (χ4n) is 2.30. The van der Waals surface area contributed by atoms with Gasteiger partial charge in [0, 0.05) is 0 Å². The van der Waals surface area contributed by atoms with Crippen LogP contribution >= 0.6 is 11.3 Å². The van der Waals surface area contributed by atoms with Crippen molar-refractivity contribution in [3.63, 3.8) is 0 Å². The molecule has 0 atom stereocenters. The molecule has 0 bridgehead atoms. The maximum absolute atomic E-state index is 11.4. The molecule has 3 nitrogen and oxygen atoms in total. The first-order valence-electron chi connectivity index (χ1n) is 6.53. The quantitative estimate of drug-likeness (QED) is 0.917. The molecule has 3 rings (SSSR count). The van der Waals surface area contributed by atoms with Crippen molar-refractivity contribution in [1.29, 1.82) is 0 Å². The van der Waals surface area contributed by atoms with Crippen molar-refractivity contribution >= 4 is 17.3 Å². The average Bonchev–Trinajstić information content (AvgIpc) is 3.17. The van der Waals surface area contributed by atoms with E-state index in [0.29, 0.717) is 5.92 Å². The maximum atomic E-state index is 11.4. The Kier molecular flexibility index (Phi) is 3.11. The van der Waals surface area contributed by atoms with Crippen LogP contribution in [0.3, 0.4) is 0 Å². The zero-order valence-electron chi connectivity index (χ0n) is 10.7. The van der Waals surface area contributed by atoms with E-state index in [0.717, 1.165) is 21.9 Å². The Morgan fingerprint density at radius 2 is 2.16 bits per heavy atom. The van der Waals surface area contributed by atoms with E-state index in [1.807, 2.05) is 25.1 Å². The summed E-state index contributed by atoms with van der Waals surface area (Å²) in [7, 11) is 0. The van der Waals surface area contributed by atoms with Gasteiger partial charge in [0.2, 0.25) is 0 Å². The second-order valence-corrected chi connectivity index (χ2v) is 5.89. The number of aromatic nitrogens is 1. The molecule has 0 unspecified atom stereocenters. The second kappa shape index (κ2) is 4.78. The SMILES string of the molecule is CCc1nc(C(=O)O)c(-c2ccccc2C2CC2)s1. The van der Waals surface area contributed by atoms with Crippen molar-refractivity contribution in [3.8, 4) is 10.4 Å². The molecule has 1 fully saturated rings. The fourth-order valence-corrected chi connectivity index (χ4v) is 3.34. The predicted octanol–water partition coefficient (Wildman–Crippen LogP) is 3.95. The minimum atomic E-state index is -0.934. The molecule has 0 radical (unpaired) electrons. The molecule has 1 aromatic heterocycles. The third-order valence-corrected chi connectivity index (χ3v) is 4.63. The molecule has 1 aliphatic rings. The van der Waals surface area contributed by atoms with Gasteiger partial charge < -0.3 is 5.11 Å². The monoisotopic (exact) mass is 273 g/mol. The highest BCUT2D eigenvalue weighted by atomic mass is 32.1. The number of rotatable bonds is 4. The summed E-state index contributed by atoms with van der Waals surface area (Å²) in [4.78, 5) is 16.4. The zero-order chi connectivity index (χ0) is 13.4. The normalized spacial score (nSPS) is 14.6. The van der Waals surface area contributed by atoms with Crippen LogP contribution in [0, 0.1) is 0 Å². The molecule has 0 aliphatic heterocycles. The number of hydrogen-bond acceptors (Lipinski definition) is 3. The van der Waals surface area contributed by atoms with Crippen LogP contribution in [-0.2, 0) is 6.42 Å². The Bertz CT molecular complexity index is 629. The molecule has 1 aliphatic carbocycles. The third-order valence-electron chi connectivity index (χ3n) is 3.40. The van der Waals surface area contributed by atoms with Gasteiger partial charge in [-0.3, -0.25) is 0 Å². The van der Waals surface area contributed by atoms with Crippen molar-refractivity contribution in [2.45, 2.75) is 32.1 Å². The van der Waals surface area contributed by atoms with Gasteiger partial charge >= 0.3 is 5.97 Å². The van der Waals surface area contributed by atoms with Gasteiger partial charge in [-0.25, -0.2) is 9.78 Å². The summed E-state index contributed by atoms with van der Waals surface area (Å²) < 4.78 is 0. The number of carbonyl (C=O) groups is 1. The molecule has 0 spiro atoms. The molecular formula is C15H15NO2S. The van der Waals surface area contributed by atoms with E-state index in [1.54, 1.807) is 0 Å². The Hall–Kier alpha value is -1.68. The van der Waals surface area contributed by atoms with Gasteiger partial charge in [-0.2, -0.15) is 0 Å². The highest BCUT2D eigenvalue weighted by molar-refractivity contribution is 7.15. The first kappa shape index (κ1) is 12.4. The minimum absolute atomic E-state index is 0.204. The molecule has 1 heterocycles. The topological polar surface area (TPSA) is 50.2 Å². The van der Waals surface area contributed by atoms with Crippen molar-refractivity contribution in [3.05, 3.63) is 40.5 Å². The Morgan fingerprint density at radius 1 is 1.42 bits per heavy atom. The van der Waals surface area contributed by atoms with E-state index >= 15 is 0 Å². The summed E-state index contributed by atoms with van der Waals surface area (Å²) in [6.07, 6.45) is 3.19. The summed E-state index contributed by atoms with van der Waals surface area (Å²) in [6, 6.07) is 8.13. The van der Waals surface area contributed by atoms with E-state index in [9.17, 15) is 9.90 Å². The Morgan fingerprint density at radius 3 is 2.79 bits per heavy atom. The molecule has 0 saturated heterocycles. The summed E-state index contributed by atoms with van der Waals surface area (Å²) >= 11 is 1.51. The summed E-state index contributed by atoms with van der Waals surface area (Å²) in [5.41, 5.74) is 2.53. The van der Waals surface area contributed by atoms with Crippen molar-refractivity contribution in [1.82, 2.24) is 4.98 Å². The van der Waals surface area contributed by atoms with E-state index < -0.39 is 5.97 Å². The van der Waals surface area contributed by atoms with E-state index in [1.165, 1.54) is 29.7 Å². The number of benzene rings is 1. The molecule has 0 amide bonds. The molecule has 98 valence electrons. The van der Waals surface area contributed by atoms with Gasteiger partial charge in [0.05, 0.1) is 9.88 Å². The Labute approximate surface area is 115 Å². The maximum Gasteiger partial charge on any atom is 0.356 e. The third kappa shape index (κ3) is 2.28. The molecule has 4 heteroatoms. The van der Waals surface area contributed by atoms with Crippen LogP contribution in [0.25, 0.3) is 10.4 Å². The van der Waals surface area contributed by atoms with Crippen molar-refractivity contribution in [2.75, 3.05) is 0 Å². The highest BCUT2D eigenvalue weighted by Crippen LogP contribution is 2.46. The number of aromatic carboxylic acids is 1. The largest absolute Gasteiger partial charge is 0.476 e. The molecule has 1 N–H and O–H groups in total. The summed E-state index contributed by atoms with van der Waals surface area (Å²) in [5, 5.41) is 10.2. The lowest BCUT2D eigenvalue weighted by Gasteiger charge is -2.06. The van der Waals surface area contributed by atoms with Crippen molar-refractivity contribution in [2.24, 2.45) is 0 Å². The second-order valence-electron chi connectivity index (χ2n) is 4.81. The van der Waals surface area contributed by atoms with Gasteiger partial charge in [0.15, 0.2) is 5.69 Å². The van der Waals surface area contributed by atoms with Gasteiger partial charge in [-0.05, 0) is 36.3 Å². The van der Waals surface area contributed by atoms with Gasteiger partial charge in [-0.15, -0.1) is 11.3 Å². The lowest BCUT2D eigenvalue weighted by atomic mass is 10.0. The van der Waals surface area contributed by atoms with Crippen LogP contribution in [-0.4, -0.2) is 16.1 Å². The van der Waals surface area contributed by atoms with Gasteiger partial charge in [-0.1, -0.05) is 31.2 Å². The molecule has 2 aromatic rings. The summed E-state index contributed by atoms with van der Waals surface area (Å²) in [5.74, 6) is -0.332. The van der Waals surface area contributed by atoms with E-state index in [-0.39, 0.29) is 5.69 Å². The first-order valence-corrected chi connectivity index (χ1v) is 7.34. The number of carboxylic acid groups (broad SMARTS) is 1. The van der Waals surface area contributed by atoms with Crippen LogP contribution in [0.5, 0.6) is 0 Å². The number of hydrogen-bond donors (Lipinski definition) is 1. The van der Waals surface area contributed by atoms with Crippen molar-refractivity contribution < 1.29 is 9.90 Å². The number of carboxylic acids is 1. The molecule has 1 saturated carbocycles. The number of thiazole rings is 1. The van der Waals surface area contributed by atoms with E-state index in [4.69, 9.17) is 0 Å². The smallest absolute Gasteiger partial charge is 0.356 e. The van der Waals surface area contributed by atoms with Crippen LogP contribution in [0.1, 0.15) is 46.7 Å². The van der Waals surface area contributed by atoms with Gasteiger partial charge in [0.25, 0.3) is 0 Å². The predicted molar refractivity (Wildman–Crippen MR) is 75.9 cm³/mol. The van der Waals surface area contributed by atoms with Crippen LogP contribution < -0.4 is 0 Å². The number of nitrogens with zero attached hydrogens (tertiary/aromatic N) is 1. The molecule has 19 heavy (non-hydrogen) atoms. The molecular weight excluding hydrogens is 258 g/mol. The fraction of sp³-hybridized carbons (Fsp3) is 0.333. The van der Waals surface area contributed by atoms with Crippen LogP contribution in [0.4, 0.5) is 0 Å². The standard InChI is InChI=1S/C15H15NO2S/c1-2-12-16-13(15(17)18)14(19-12)11-6-4-3-5-10(11)9-7-8-9/h3-6,9H,2,7-8H2,1H3,(H,17,18). The van der Waals surface area contributed by atoms with E-state index in [2.05, 4.69) is 11.1 Å². The summed E-state index contributed by atoms with van der Waals surface area (Å²) in [6.45, 7) is 2.00. The lowest BCUT2D eigenvalue weighted by molar-refractivity contribution is 0.0692. The molecule has 1 aromatic carbocycles. The average molecular weight is 273 g/mol. The van der Waals surface area contributed by atoms with Crippen LogP contribution in [0.2, 0.25) is 0 Å². The van der Waals surface area contributed by atoms with Crippen LogP contribution in [0.15, 0.2) is 24.3 Å². The lowest BCUT2D eigenvalue weighted by Crippen LogP contribution is -2.00. The number of aryl methyl sites for hydroxylation is 1. The minimum Gasteiger partial charge on any atom is -0.476 e. The first-order chi connectivity index (χ1) is 9.20. The Balaban J connectivity index is 2.15. The van der Waals surface area contributed by atoms with Gasteiger partial charge in [0.1, 0.15) is 0 Å². The highest BCUT2D eigenvalue weighted by Gasteiger charge is 2.28. The zero-order valence-corrected chi connectivity index (χ0v) is 11.5.